The van der Waals surface area contributed by atoms with Gasteiger partial charge in [-0.15, -0.1) is 0 Å². The molecule has 1 aromatic heterocycles. The monoisotopic (exact) mass is 820 g/mol. The molecule has 0 amide bonds. The van der Waals surface area contributed by atoms with E-state index in [1.54, 1.807) is 0 Å². The van der Waals surface area contributed by atoms with E-state index in [-0.39, 0.29) is 47.1 Å². The van der Waals surface area contributed by atoms with E-state index in [9.17, 15) is 6.85 Å². The fraction of sp³-hybridized carbons (Fsp3) is 0.0645. The molecule has 0 fully saturated rings. The summed E-state index contributed by atoms with van der Waals surface area (Å²) in [6, 6.07) is 62.7. The first kappa shape index (κ1) is 30.2. The number of nitrogens with zero attached hydrogens (tertiary/aromatic N) is 2. The average molecular weight is 821 g/mol. The number of fused-ring (bicyclic) bond motifs is 15. The fourth-order valence-electron chi connectivity index (χ4n) is 11.8. The second-order valence-electron chi connectivity index (χ2n) is 17.9. The zero-order chi connectivity index (χ0) is 47.5. The molecule has 10 aromatic carbocycles. The maximum atomic E-state index is 9.95. The summed E-state index contributed by atoms with van der Waals surface area (Å²) in [4.78, 5) is 2.33. The Morgan fingerprint density at radius 1 is 0.406 bits per heavy atom. The van der Waals surface area contributed by atoms with Crippen LogP contribution in [0.1, 0.15) is 55.5 Å². The van der Waals surface area contributed by atoms with Gasteiger partial charge in [-0.3, -0.25) is 0 Å². The summed E-state index contributed by atoms with van der Waals surface area (Å²) in [7, 11) is 0. The summed E-state index contributed by atoms with van der Waals surface area (Å²) in [6.07, 6.45) is 0. The Hall–Kier alpha value is -7.94. The molecule has 64 heavy (non-hydrogen) atoms. The van der Waals surface area contributed by atoms with E-state index >= 15 is 0 Å². The molecule has 11 aromatic rings. The number of hydrogen-bond acceptors (Lipinski definition) is 1. The van der Waals surface area contributed by atoms with Gasteiger partial charge in [0.2, 0.25) is 0 Å². The molecular formula is C62H42N2. The molecule has 3 aliphatic carbocycles. The minimum Gasteiger partial charge on any atom is -0.310 e. The summed E-state index contributed by atoms with van der Waals surface area (Å²) in [6.45, 7) is 4.60. The van der Waals surface area contributed by atoms with Gasteiger partial charge in [-0.1, -0.05) is 177 Å². The van der Waals surface area contributed by atoms with Gasteiger partial charge in [0, 0.05) is 38.9 Å². The Balaban J connectivity index is 1.12. The van der Waals surface area contributed by atoms with Crippen molar-refractivity contribution in [3.05, 3.63) is 252 Å². The first-order chi connectivity index (χ1) is 34.0. The van der Waals surface area contributed by atoms with E-state index < -0.39 is 5.41 Å². The van der Waals surface area contributed by atoms with Gasteiger partial charge in [-0.05, 0) is 132 Å². The maximum absolute atomic E-state index is 9.95. The number of anilines is 3. The van der Waals surface area contributed by atoms with Crippen molar-refractivity contribution in [3.8, 4) is 39.1 Å². The zero-order valence-electron chi connectivity index (χ0n) is 41.2. The van der Waals surface area contributed by atoms with Crippen LogP contribution in [-0.4, -0.2) is 4.57 Å². The van der Waals surface area contributed by atoms with Crippen LogP contribution in [0.15, 0.2) is 218 Å². The van der Waals surface area contributed by atoms with Crippen LogP contribution in [0.2, 0.25) is 0 Å². The molecule has 0 N–H and O–H groups in total. The van der Waals surface area contributed by atoms with Crippen LogP contribution < -0.4 is 4.90 Å². The van der Waals surface area contributed by atoms with Gasteiger partial charge in [0.25, 0.3) is 0 Å². The SMILES string of the molecule is [2H]c1c([2H])c2c3c(c([2H])c([2H])c([2H])c3c1[2H])C1(c3ccccc3-c3ccccc31)c1cc(N(c3ccc4c(c3)C(C)(C)c3ccccc3-4)c3ccc4c5ccccc5n(-c5ccccc5)c4c3)ccc1-2. The Bertz CT molecular complexity index is 4080. The number of aromatic nitrogens is 1. The van der Waals surface area contributed by atoms with Crippen LogP contribution in [0, 0.1) is 0 Å². The highest BCUT2D eigenvalue weighted by Crippen LogP contribution is 2.62. The molecule has 0 atom stereocenters. The predicted molar refractivity (Wildman–Crippen MR) is 267 cm³/mol. The van der Waals surface area contributed by atoms with Crippen molar-refractivity contribution in [2.24, 2.45) is 0 Å². The van der Waals surface area contributed by atoms with Crippen molar-refractivity contribution >= 4 is 49.6 Å². The summed E-state index contributed by atoms with van der Waals surface area (Å²) < 4.78 is 58.9. The molecular weight excluding hydrogens is 773 g/mol. The zero-order valence-corrected chi connectivity index (χ0v) is 35.2. The Morgan fingerprint density at radius 3 is 1.67 bits per heavy atom. The third-order valence-corrected chi connectivity index (χ3v) is 14.5. The number of rotatable bonds is 4. The first-order valence-electron chi connectivity index (χ1n) is 25.0. The third-order valence-electron chi connectivity index (χ3n) is 14.5. The third kappa shape index (κ3) is 4.54. The summed E-state index contributed by atoms with van der Waals surface area (Å²) in [5.74, 6) is 0. The summed E-state index contributed by atoms with van der Waals surface area (Å²) in [5.41, 5.74) is 15.7. The van der Waals surface area contributed by atoms with Crippen LogP contribution in [-0.2, 0) is 10.8 Å². The highest BCUT2D eigenvalue weighted by Gasteiger charge is 2.50. The smallest absolute Gasteiger partial charge is 0.0726 e. The van der Waals surface area contributed by atoms with Crippen molar-refractivity contribution in [2.45, 2.75) is 24.7 Å². The Morgan fingerprint density at radius 2 is 0.938 bits per heavy atom. The molecule has 300 valence electrons. The van der Waals surface area contributed by atoms with Crippen molar-refractivity contribution in [2.75, 3.05) is 4.90 Å². The van der Waals surface area contributed by atoms with E-state index in [1.165, 1.54) is 22.3 Å². The van der Waals surface area contributed by atoms with Crippen molar-refractivity contribution in [1.29, 1.82) is 0 Å². The molecule has 0 unspecified atom stereocenters. The molecule has 3 aliphatic rings. The van der Waals surface area contributed by atoms with E-state index in [0.717, 1.165) is 72.4 Å². The minimum atomic E-state index is -1.19. The number of benzene rings is 10. The van der Waals surface area contributed by atoms with Crippen LogP contribution in [0.3, 0.4) is 0 Å². The highest BCUT2D eigenvalue weighted by molar-refractivity contribution is 6.11. The molecule has 14 rings (SSSR count). The molecule has 0 aliphatic heterocycles. The lowest BCUT2D eigenvalue weighted by molar-refractivity contribution is 0.660. The molecule has 0 saturated carbocycles. The lowest BCUT2D eigenvalue weighted by Gasteiger charge is -2.41. The van der Waals surface area contributed by atoms with Crippen LogP contribution in [0.5, 0.6) is 0 Å². The van der Waals surface area contributed by atoms with Crippen LogP contribution in [0.25, 0.3) is 71.6 Å². The van der Waals surface area contributed by atoms with Gasteiger partial charge in [0.1, 0.15) is 0 Å². The van der Waals surface area contributed by atoms with Gasteiger partial charge in [0.05, 0.1) is 24.7 Å². The minimum absolute atomic E-state index is 0.116. The standard InChI is InChI=1S/C62H42N2/c1-61(2)52-25-10-6-20-44(52)47-33-30-41(36-56(47)61)63(43-32-35-50-49-23-9-13-29-58(49)64(59(50)38-43)40-18-4-3-5-19-40)42-31-34-48-51-24-14-16-39-17-15-28-55(60(39)51)62(57(48)37-42)53-26-11-7-21-45(53)46-22-8-12-27-54(46)62/h3-38H,1-2H3/i14D,15D,16D,17D,24D,28D. The number of para-hydroxylation sites is 2. The molecule has 0 saturated heterocycles. The maximum Gasteiger partial charge on any atom is 0.0726 e. The molecule has 0 radical (unpaired) electrons. The number of hydrogen-bond donors (Lipinski definition) is 0. The fourth-order valence-corrected chi connectivity index (χ4v) is 11.8. The molecule has 1 heterocycles. The topological polar surface area (TPSA) is 8.17 Å². The first-order valence-corrected chi connectivity index (χ1v) is 22.0. The van der Waals surface area contributed by atoms with E-state index in [4.69, 9.17) is 1.37 Å². The van der Waals surface area contributed by atoms with E-state index in [2.05, 4.69) is 175 Å². The Labute approximate surface area is 381 Å². The van der Waals surface area contributed by atoms with E-state index in [0.29, 0.717) is 22.1 Å². The normalized spacial score (nSPS) is 15.7. The highest BCUT2D eigenvalue weighted by atomic mass is 15.1. The van der Waals surface area contributed by atoms with E-state index in [1.807, 2.05) is 30.3 Å². The second kappa shape index (κ2) is 12.8. The summed E-state index contributed by atoms with van der Waals surface area (Å²) >= 11 is 0. The lowest BCUT2D eigenvalue weighted by Crippen LogP contribution is -2.32. The second-order valence-corrected chi connectivity index (χ2v) is 17.9. The molecule has 1 spiro atoms. The van der Waals surface area contributed by atoms with Crippen LogP contribution >= 0.6 is 0 Å². The van der Waals surface area contributed by atoms with Crippen molar-refractivity contribution < 1.29 is 8.22 Å². The van der Waals surface area contributed by atoms with Gasteiger partial charge >= 0.3 is 0 Å². The quantitative estimate of drug-likeness (QED) is 0.172. The van der Waals surface area contributed by atoms with Gasteiger partial charge < -0.3 is 9.47 Å². The van der Waals surface area contributed by atoms with Gasteiger partial charge in [0.15, 0.2) is 0 Å². The van der Waals surface area contributed by atoms with Crippen LogP contribution in [0.4, 0.5) is 17.1 Å². The van der Waals surface area contributed by atoms with Crippen molar-refractivity contribution in [3.63, 3.8) is 0 Å². The summed E-state index contributed by atoms with van der Waals surface area (Å²) in [5, 5.41) is 2.85. The van der Waals surface area contributed by atoms with Crippen molar-refractivity contribution in [1.82, 2.24) is 4.57 Å². The van der Waals surface area contributed by atoms with Gasteiger partial charge in [-0.25, -0.2) is 0 Å². The predicted octanol–water partition coefficient (Wildman–Crippen LogP) is 16.1. The Kier molecular flexibility index (Phi) is 6.04. The molecule has 2 nitrogen and oxygen atoms in total. The average Bonchev–Trinajstić information content (AvgIpc) is 3.97. The molecule has 2 heteroatoms. The lowest BCUT2D eigenvalue weighted by atomic mass is 9.61. The largest absolute Gasteiger partial charge is 0.310 e. The van der Waals surface area contributed by atoms with Gasteiger partial charge in [-0.2, -0.15) is 0 Å². The molecule has 0 bridgehead atoms.